The van der Waals surface area contributed by atoms with Crippen molar-refractivity contribution in [2.75, 3.05) is 5.32 Å². The quantitative estimate of drug-likeness (QED) is 0.892. The predicted octanol–water partition coefficient (Wildman–Crippen LogP) is 4.08. The number of para-hydroxylation sites is 1. The molecule has 0 aliphatic carbocycles. The topological polar surface area (TPSA) is 66.4 Å². The van der Waals surface area contributed by atoms with Crippen LogP contribution in [0.3, 0.4) is 0 Å². The Morgan fingerprint density at radius 2 is 1.81 bits per heavy atom. The molecule has 0 aromatic heterocycles. The van der Waals surface area contributed by atoms with Crippen LogP contribution >= 0.6 is 23.2 Å². The molecule has 2 aromatic rings. The monoisotopic (exact) mass is 327 g/mol. The summed E-state index contributed by atoms with van der Waals surface area (Å²) in [5, 5.41) is 11.6. The third-order valence-corrected chi connectivity index (χ3v) is 3.22. The zero-order chi connectivity index (χ0) is 15.6. The van der Waals surface area contributed by atoms with Crippen molar-refractivity contribution in [3.8, 4) is 0 Å². The van der Waals surface area contributed by atoms with Crippen LogP contribution in [-0.4, -0.2) is 17.0 Å². The average molecular weight is 328 g/mol. The average Bonchev–Trinajstić information content (AvgIpc) is 2.43. The summed E-state index contributed by atoms with van der Waals surface area (Å²) in [4.78, 5) is 23.1. The summed E-state index contributed by atoms with van der Waals surface area (Å²) in [5.74, 6) is -2.97. The molecular weight excluding hydrogens is 320 g/mol. The molecule has 0 bridgehead atoms. The van der Waals surface area contributed by atoms with Crippen LogP contribution in [-0.2, 0) is 0 Å². The Morgan fingerprint density at radius 3 is 2.48 bits per heavy atom. The van der Waals surface area contributed by atoms with E-state index in [4.69, 9.17) is 28.3 Å². The summed E-state index contributed by atoms with van der Waals surface area (Å²) in [5.41, 5.74) is -0.767. The third kappa shape index (κ3) is 3.32. The highest BCUT2D eigenvalue weighted by Gasteiger charge is 2.18. The van der Waals surface area contributed by atoms with Crippen LogP contribution in [0.2, 0.25) is 10.0 Å². The van der Waals surface area contributed by atoms with E-state index in [1.165, 1.54) is 30.3 Å². The zero-order valence-electron chi connectivity index (χ0n) is 10.4. The molecule has 0 heterocycles. The SMILES string of the molecule is O=C(Nc1c(F)cccc1C(=O)O)c1cc(Cl)ccc1Cl. The number of aromatic carboxylic acids is 1. The highest BCUT2D eigenvalue weighted by atomic mass is 35.5. The van der Waals surface area contributed by atoms with Gasteiger partial charge in [-0.05, 0) is 30.3 Å². The summed E-state index contributed by atoms with van der Waals surface area (Å²) < 4.78 is 13.7. The Hall–Kier alpha value is -2.11. The van der Waals surface area contributed by atoms with E-state index in [1.54, 1.807) is 0 Å². The predicted molar refractivity (Wildman–Crippen MR) is 77.8 cm³/mol. The van der Waals surface area contributed by atoms with Gasteiger partial charge in [0.2, 0.25) is 0 Å². The van der Waals surface area contributed by atoms with E-state index in [-0.39, 0.29) is 21.2 Å². The van der Waals surface area contributed by atoms with E-state index < -0.39 is 23.4 Å². The molecule has 0 radical (unpaired) electrons. The molecule has 0 aliphatic heterocycles. The van der Waals surface area contributed by atoms with Gasteiger partial charge in [0.1, 0.15) is 5.82 Å². The maximum Gasteiger partial charge on any atom is 0.337 e. The molecule has 0 aliphatic rings. The van der Waals surface area contributed by atoms with Crippen LogP contribution in [0.5, 0.6) is 0 Å². The van der Waals surface area contributed by atoms with Crippen molar-refractivity contribution in [3.63, 3.8) is 0 Å². The van der Waals surface area contributed by atoms with Crippen molar-refractivity contribution in [1.29, 1.82) is 0 Å². The Kier molecular flexibility index (Phi) is 4.45. The second kappa shape index (κ2) is 6.11. The standard InChI is InChI=1S/C14H8Cl2FNO3/c15-7-4-5-10(16)9(6-7)13(19)18-12-8(14(20)21)2-1-3-11(12)17/h1-6H,(H,18,19)(H,20,21). The Balaban J connectivity index is 2.41. The van der Waals surface area contributed by atoms with E-state index in [0.717, 1.165) is 6.07 Å². The van der Waals surface area contributed by atoms with Gasteiger partial charge in [0.25, 0.3) is 5.91 Å². The van der Waals surface area contributed by atoms with Crippen LogP contribution in [0.15, 0.2) is 36.4 Å². The van der Waals surface area contributed by atoms with E-state index in [2.05, 4.69) is 5.32 Å². The maximum atomic E-state index is 13.7. The lowest BCUT2D eigenvalue weighted by Gasteiger charge is -2.10. The first kappa shape index (κ1) is 15.3. The van der Waals surface area contributed by atoms with E-state index in [1.807, 2.05) is 0 Å². The summed E-state index contributed by atoms with van der Waals surface area (Å²) in [7, 11) is 0. The van der Waals surface area contributed by atoms with Crippen molar-refractivity contribution < 1.29 is 19.1 Å². The molecule has 0 spiro atoms. The smallest absolute Gasteiger partial charge is 0.337 e. The van der Waals surface area contributed by atoms with Gasteiger partial charge >= 0.3 is 5.97 Å². The van der Waals surface area contributed by atoms with Gasteiger partial charge in [0.05, 0.1) is 21.8 Å². The fourth-order valence-electron chi connectivity index (χ4n) is 1.68. The third-order valence-electron chi connectivity index (χ3n) is 2.66. The number of hydrogen-bond donors (Lipinski definition) is 2. The number of carboxylic acids is 1. The maximum absolute atomic E-state index is 13.7. The second-order valence-electron chi connectivity index (χ2n) is 4.05. The molecule has 2 rings (SSSR count). The molecule has 7 heteroatoms. The molecule has 0 saturated carbocycles. The van der Waals surface area contributed by atoms with Crippen LogP contribution in [0, 0.1) is 5.82 Å². The molecule has 108 valence electrons. The second-order valence-corrected chi connectivity index (χ2v) is 4.89. The van der Waals surface area contributed by atoms with Gasteiger partial charge in [-0.2, -0.15) is 0 Å². The van der Waals surface area contributed by atoms with E-state index in [0.29, 0.717) is 0 Å². The van der Waals surface area contributed by atoms with Gasteiger partial charge in [-0.1, -0.05) is 29.3 Å². The number of rotatable bonds is 3. The lowest BCUT2D eigenvalue weighted by molar-refractivity contribution is 0.0697. The highest BCUT2D eigenvalue weighted by molar-refractivity contribution is 6.36. The molecule has 21 heavy (non-hydrogen) atoms. The van der Waals surface area contributed by atoms with Gasteiger partial charge < -0.3 is 10.4 Å². The highest BCUT2D eigenvalue weighted by Crippen LogP contribution is 2.24. The van der Waals surface area contributed by atoms with Crippen molar-refractivity contribution in [2.24, 2.45) is 0 Å². The first-order valence-electron chi connectivity index (χ1n) is 5.68. The Morgan fingerprint density at radius 1 is 1.10 bits per heavy atom. The van der Waals surface area contributed by atoms with Gasteiger partial charge in [0.15, 0.2) is 0 Å². The van der Waals surface area contributed by atoms with Crippen LogP contribution in [0.4, 0.5) is 10.1 Å². The summed E-state index contributed by atoms with van der Waals surface area (Å²) >= 11 is 11.6. The van der Waals surface area contributed by atoms with Crippen molar-refractivity contribution in [1.82, 2.24) is 0 Å². The number of carbonyl (C=O) groups is 2. The Labute approximate surface area is 129 Å². The fourth-order valence-corrected chi connectivity index (χ4v) is 2.06. The first-order chi connectivity index (χ1) is 9.90. The summed E-state index contributed by atoms with van der Waals surface area (Å²) in [6.07, 6.45) is 0. The van der Waals surface area contributed by atoms with Crippen LogP contribution in [0.1, 0.15) is 20.7 Å². The van der Waals surface area contributed by atoms with E-state index >= 15 is 0 Å². The fraction of sp³-hybridized carbons (Fsp3) is 0. The summed E-state index contributed by atoms with van der Waals surface area (Å²) in [6, 6.07) is 7.67. The molecular formula is C14H8Cl2FNO3. The number of halogens is 3. The number of anilines is 1. The van der Waals surface area contributed by atoms with Crippen LogP contribution < -0.4 is 5.32 Å². The Bertz CT molecular complexity index is 734. The number of amides is 1. The number of nitrogens with one attached hydrogen (secondary N) is 1. The zero-order valence-corrected chi connectivity index (χ0v) is 11.9. The van der Waals surface area contributed by atoms with Gasteiger partial charge in [-0.25, -0.2) is 9.18 Å². The largest absolute Gasteiger partial charge is 0.478 e. The van der Waals surface area contributed by atoms with Crippen LogP contribution in [0.25, 0.3) is 0 Å². The lowest BCUT2D eigenvalue weighted by atomic mass is 10.1. The van der Waals surface area contributed by atoms with Crippen molar-refractivity contribution in [3.05, 3.63) is 63.4 Å². The minimum Gasteiger partial charge on any atom is -0.478 e. The molecule has 1 amide bonds. The molecule has 0 atom stereocenters. The number of carboxylic acid groups (broad SMARTS) is 1. The first-order valence-corrected chi connectivity index (χ1v) is 6.44. The summed E-state index contributed by atoms with van der Waals surface area (Å²) in [6.45, 7) is 0. The van der Waals surface area contributed by atoms with E-state index in [9.17, 15) is 14.0 Å². The molecule has 4 nitrogen and oxygen atoms in total. The van der Waals surface area contributed by atoms with Crippen molar-refractivity contribution >= 4 is 40.8 Å². The molecule has 2 N–H and O–H groups in total. The minimum absolute atomic E-state index is 0.0174. The number of hydrogen-bond acceptors (Lipinski definition) is 2. The number of carbonyl (C=O) groups excluding carboxylic acids is 1. The van der Waals surface area contributed by atoms with Gasteiger partial charge in [0, 0.05) is 5.02 Å². The molecule has 0 saturated heterocycles. The molecule has 0 fully saturated rings. The molecule has 0 unspecified atom stereocenters. The normalized spacial score (nSPS) is 10.2. The van der Waals surface area contributed by atoms with Crippen molar-refractivity contribution in [2.45, 2.75) is 0 Å². The lowest BCUT2D eigenvalue weighted by Crippen LogP contribution is -2.16. The van der Waals surface area contributed by atoms with Gasteiger partial charge in [-0.3, -0.25) is 4.79 Å². The van der Waals surface area contributed by atoms with Gasteiger partial charge in [-0.15, -0.1) is 0 Å². The minimum atomic E-state index is -1.36. The molecule has 2 aromatic carbocycles. The number of benzene rings is 2.